The molecule has 3 nitrogen and oxygen atoms in total. The van der Waals surface area contributed by atoms with Gasteiger partial charge in [0.2, 0.25) is 0 Å². The van der Waals surface area contributed by atoms with Crippen molar-refractivity contribution >= 4 is 5.70 Å². The molecule has 74 valence electrons. The van der Waals surface area contributed by atoms with Crippen LogP contribution in [0.1, 0.15) is 12.5 Å². The van der Waals surface area contributed by atoms with E-state index < -0.39 is 0 Å². The highest BCUT2D eigenvalue weighted by molar-refractivity contribution is 5.64. The third kappa shape index (κ3) is 1.59. The molecule has 0 aromatic heterocycles. The van der Waals surface area contributed by atoms with E-state index in [2.05, 4.69) is 47.9 Å². The molecule has 1 heterocycles. The lowest BCUT2D eigenvalue weighted by Gasteiger charge is -2.19. The van der Waals surface area contributed by atoms with Crippen molar-refractivity contribution in [2.75, 3.05) is 13.6 Å². The van der Waals surface area contributed by atoms with Crippen LogP contribution in [0.2, 0.25) is 0 Å². The van der Waals surface area contributed by atoms with E-state index in [0.29, 0.717) is 0 Å². The van der Waals surface area contributed by atoms with Crippen molar-refractivity contribution in [3.8, 4) is 0 Å². The van der Waals surface area contributed by atoms with Crippen molar-refractivity contribution in [1.29, 1.82) is 0 Å². The Hall–Kier alpha value is -1.48. The Balaban J connectivity index is 2.27. The minimum absolute atomic E-state index is 0.959. The second-order valence-electron chi connectivity index (χ2n) is 3.33. The number of rotatable bonds is 2. The second-order valence-corrected chi connectivity index (χ2v) is 3.33. The Morgan fingerprint density at radius 2 is 1.93 bits per heavy atom. The molecule has 14 heavy (non-hydrogen) atoms. The predicted molar refractivity (Wildman–Crippen MR) is 57.7 cm³/mol. The topological polar surface area (TPSA) is 18.5 Å². The Labute approximate surface area is 84.6 Å². The van der Waals surface area contributed by atoms with Crippen LogP contribution in [0.5, 0.6) is 0 Å². The summed E-state index contributed by atoms with van der Waals surface area (Å²) < 4.78 is 0. The molecule has 0 spiro atoms. The summed E-state index contributed by atoms with van der Waals surface area (Å²) in [6.45, 7) is 3.08. The highest BCUT2D eigenvalue weighted by Gasteiger charge is 2.16. The highest BCUT2D eigenvalue weighted by Crippen LogP contribution is 2.20. The smallest absolute Gasteiger partial charge is 0.0780 e. The highest BCUT2D eigenvalue weighted by atomic mass is 15.8. The molecule has 1 aliphatic heterocycles. The number of hydrogen-bond donors (Lipinski definition) is 1. The van der Waals surface area contributed by atoms with E-state index in [4.69, 9.17) is 0 Å². The fourth-order valence-corrected chi connectivity index (χ4v) is 1.55. The van der Waals surface area contributed by atoms with Crippen LogP contribution >= 0.6 is 0 Å². The molecule has 3 heteroatoms. The van der Waals surface area contributed by atoms with Crippen molar-refractivity contribution in [2.45, 2.75) is 6.92 Å². The van der Waals surface area contributed by atoms with Gasteiger partial charge in [0.15, 0.2) is 0 Å². The van der Waals surface area contributed by atoms with Gasteiger partial charge in [0.1, 0.15) is 0 Å². The van der Waals surface area contributed by atoms with Crippen LogP contribution in [-0.2, 0) is 0 Å². The first-order valence-corrected chi connectivity index (χ1v) is 4.85. The van der Waals surface area contributed by atoms with Crippen molar-refractivity contribution in [2.24, 2.45) is 0 Å². The van der Waals surface area contributed by atoms with E-state index >= 15 is 0 Å². The normalized spacial score (nSPS) is 16.0. The summed E-state index contributed by atoms with van der Waals surface area (Å²) in [5.41, 5.74) is 5.66. The molecule has 0 atom stereocenters. The molecule has 0 fully saturated rings. The number of benzene rings is 1. The lowest BCUT2D eigenvalue weighted by atomic mass is 10.2. The first kappa shape index (κ1) is 9.09. The monoisotopic (exact) mass is 189 g/mol. The van der Waals surface area contributed by atoms with Gasteiger partial charge in [-0.2, -0.15) is 0 Å². The minimum Gasteiger partial charge on any atom is -0.296 e. The fourth-order valence-electron chi connectivity index (χ4n) is 1.55. The standard InChI is InChI=1S/C11H15N3/c1-3-14-9-11(13(2)12-14)10-7-5-4-6-8-10/h4-9,12H,3H2,1-2H3. The van der Waals surface area contributed by atoms with Crippen molar-refractivity contribution in [3.63, 3.8) is 0 Å². The fraction of sp³-hybridized carbons (Fsp3) is 0.273. The Bertz CT molecular complexity index is 332. The zero-order chi connectivity index (χ0) is 9.97. The summed E-state index contributed by atoms with van der Waals surface area (Å²) in [5.74, 6) is 0. The maximum Gasteiger partial charge on any atom is 0.0780 e. The Morgan fingerprint density at radius 1 is 1.21 bits per heavy atom. The Morgan fingerprint density at radius 3 is 2.50 bits per heavy atom. The van der Waals surface area contributed by atoms with E-state index in [-0.39, 0.29) is 0 Å². The van der Waals surface area contributed by atoms with Gasteiger partial charge in [0.25, 0.3) is 0 Å². The molecule has 1 aromatic carbocycles. The van der Waals surface area contributed by atoms with Crippen LogP contribution in [-0.4, -0.2) is 23.6 Å². The number of hydrazine groups is 2. The van der Waals surface area contributed by atoms with E-state index in [1.54, 1.807) is 0 Å². The van der Waals surface area contributed by atoms with Crippen LogP contribution in [0.4, 0.5) is 0 Å². The molecule has 0 bridgehead atoms. The first-order valence-electron chi connectivity index (χ1n) is 4.85. The summed E-state index contributed by atoms with van der Waals surface area (Å²) in [6.07, 6.45) is 2.12. The number of nitrogens with one attached hydrogen (secondary N) is 1. The molecule has 0 amide bonds. The van der Waals surface area contributed by atoms with E-state index in [9.17, 15) is 0 Å². The maximum absolute atomic E-state index is 3.23. The first-order chi connectivity index (χ1) is 6.81. The van der Waals surface area contributed by atoms with Crippen LogP contribution in [0.25, 0.3) is 5.70 Å². The molecular weight excluding hydrogens is 174 g/mol. The van der Waals surface area contributed by atoms with E-state index in [1.807, 2.05) is 18.1 Å². The van der Waals surface area contributed by atoms with Gasteiger partial charge in [0.05, 0.1) is 5.70 Å². The van der Waals surface area contributed by atoms with E-state index in [1.165, 1.54) is 11.3 Å². The third-order valence-electron chi connectivity index (χ3n) is 2.33. The Kier molecular flexibility index (Phi) is 2.41. The lowest BCUT2D eigenvalue weighted by molar-refractivity contribution is 0.174. The molecule has 1 aliphatic rings. The van der Waals surface area contributed by atoms with Crippen LogP contribution < -0.4 is 5.53 Å². The molecule has 2 rings (SSSR count). The zero-order valence-corrected chi connectivity index (χ0v) is 8.57. The lowest BCUT2D eigenvalue weighted by Crippen LogP contribution is -2.37. The molecule has 0 unspecified atom stereocenters. The largest absolute Gasteiger partial charge is 0.296 e. The third-order valence-corrected chi connectivity index (χ3v) is 2.33. The van der Waals surface area contributed by atoms with Gasteiger partial charge in [-0.3, -0.25) is 10.0 Å². The van der Waals surface area contributed by atoms with Crippen LogP contribution in [0.3, 0.4) is 0 Å². The van der Waals surface area contributed by atoms with Crippen molar-refractivity contribution in [1.82, 2.24) is 15.6 Å². The van der Waals surface area contributed by atoms with Gasteiger partial charge in [-0.25, -0.2) is 0 Å². The minimum atomic E-state index is 0.959. The number of hydrogen-bond acceptors (Lipinski definition) is 3. The number of nitrogens with zero attached hydrogens (tertiary/aromatic N) is 2. The molecule has 0 radical (unpaired) electrons. The molecule has 0 aliphatic carbocycles. The van der Waals surface area contributed by atoms with Crippen LogP contribution in [0, 0.1) is 0 Å². The van der Waals surface area contributed by atoms with Gasteiger partial charge >= 0.3 is 0 Å². The summed E-state index contributed by atoms with van der Waals surface area (Å²) in [7, 11) is 2.02. The quantitative estimate of drug-likeness (QED) is 0.763. The summed E-state index contributed by atoms with van der Waals surface area (Å²) >= 11 is 0. The van der Waals surface area contributed by atoms with Crippen LogP contribution in [0.15, 0.2) is 36.5 Å². The SMILES string of the molecule is CCN1C=C(c2ccccc2)N(C)N1. The average molecular weight is 189 g/mol. The summed E-state index contributed by atoms with van der Waals surface area (Å²) in [6, 6.07) is 10.4. The molecule has 1 aromatic rings. The predicted octanol–water partition coefficient (Wildman–Crippen LogP) is 1.67. The van der Waals surface area contributed by atoms with E-state index in [0.717, 1.165) is 6.54 Å². The average Bonchev–Trinajstić information content (AvgIpc) is 2.61. The molecule has 0 saturated carbocycles. The van der Waals surface area contributed by atoms with Gasteiger partial charge in [0, 0.05) is 25.4 Å². The summed E-state index contributed by atoms with van der Waals surface area (Å²) in [4.78, 5) is 0. The second kappa shape index (κ2) is 3.72. The zero-order valence-electron chi connectivity index (χ0n) is 8.57. The molecule has 0 saturated heterocycles. The van der Waals surface area contributed by atoms with Crippen molar-refractivity contribution in [3.05, 3.63) is 42.1 Å². The van der Waals surface area contributed by atoms with Gasteiger partial charge in [-0.15, -0.1) is 5.53 Å². The van der Waals surface area contributed by atoms with Gasteiger partial charge in [-0.1, -0.05) is 30.3 Å². The molecule has 1 N–H and O–H groups in total. The van der Waals surface area contributed by atoms with Gasteiger partial charge in [-0.05, 0) is 6.92 Å². The van der Waals surface area contributed by atoms with Crippen molar-refractivity contribution < 1.29 is 0 Å². The maximum atomic E-state index is 3.23. The van der Waals surface area contributed by atoms with Gasteiger partial charge < -0.3 is 0 Å². The molecular formula is C11H15N3. The summed E-state index contributed by atoms with van der Waals surface area (Å²) in [5, 5.41) is 4.08.